The smallest absolute Gasteiger partial charge is 0.254 e. The summed E-state index contributed by atoms with van der Waals surface area (Å²) in [4.78, 5) is 12.3. The molecule has 0 bridgehead atoms. The van der Waals surface area contributed by atoms with E-state index >= 15 is 0 Å². The van der Waals surface area contributed by atoms with Gasteiger partial charge in [-0.05, 0) is 30.0 Å². The maximum absolute atomic E-state index is 13.7. The molecule has 2 rings (SSSR count). The fourth-order valence-corrected chi connectivity index (χ4v) is 2.32. The van der Waals surface area contributed by atoms with Crippen molar-refractivity contribution in [3.05, 3.63) is 71.5 Å². The van der Waals surface area contributed by atoms with Gasteiger partial charge in [0.05, 0.1) is 11.6 Å². The van der Waals surface area contributed by atoms with Gasteiger partial charge in [0, 0.05) is 0 Å². The zero-order valence-electron chi connectivity index (χ0n) is 12.3. The minimum absolute atomic E-state index is 0.0854. The fourth-order valence-electron chi connectivity index (χ4n) is 2.32. The summed E-state index contributed by atoms with van der Waals surface area (Å²) < 4.78 is 13.7. The van der Waals surface area contributed by atoms with Crippen molar-refractivity contribution in [2.75, 3.05) is 0 Å². The van der Waals surface area contributed by atoms with E-state index in [9.17, 15) is 9.18 Å². The molecule has 0 spiro atoms. The van der Waals surface area contributed by atoms with Gasteiger partial charge in [-0.25, -0.2) is 4.39 Å². The van der Waals surface area contributed by atoms with E-state index in [0.29, 0.717) is 5.92 Å². The average Bonchev–Trinajstić information content (AvgIpc) is 2.47. The summed E-state index contributed by atoms with van der Waals surface area (Å²) in [5.41, 5.74) is 1.12. The van der Waals surface area contributed by atoms with Crippen molar-refractivity contribution in [1.29, 1.82) is 0 Å². The van der Waals surface area contributed by atoms with Crippen LogP contribution in [0.25, 0.3) is 0 Å². The molecule has 110 valence electrons. The Balaban J connectivity index is 2.19. The summed E-state index contributed by atoms with van der Waals surface area (Å²) in [6.07, 6.45) is 0.810. The van der Waals surface area contributed by atoms with E-state index in [1.165, 1.54) is 12.1 Å². The lowest BCUT2D eigenvalue weighted by atomic mass is 9.96. The standard InChI is InChI=1S/C18H20FNO/c1-13(2)12-17(14-8-4-3-5-9-14)20-18(21)15-10-6-7-11-16(15)19/h3-11,13,17H,12H2,1-2H3,(H,20,21). The molecule has 21 heavy (non-hydrogen) atoms. The lowest BCUT2D eigenvalue weighted by Gasteiger charge is -2.21. The van der Waals surface area contributed by atoms with Gasteiger partial charge in [-0.2, -0.15) is 0 Å². The lowest BCUT2D eigenvalue weighted by Crippen LogP contribution is -2.30. The molecule has 1 amide bonds. The van der Waals surface area contributed by atoms with Crippen LogP contribution in [-0.2, 0) is 0 Å². The molecule has 0 radical (unpaired) electrons. The fraction of sp³-hybridized carbons (Fsp3) is 0.278. The second-order valence-electron chi connectivity index (χ2n) is 5.55. The van der Waals surface area contributed by atoms with E-state index in [4.69, 9.17) is 0 Å². The molecule has 2 nitrogen and oxygen atoms in total. The Bertz CT molecular complexity index is 595. The predicted octanol–water partition coefficient (Wildman–Crippen LogP) is 4.34. The SMILES string of the molecule is CC(C)CC(NC(=O)c1ccccc1F)c1ccccc1. The first-order valence-corrected chi connectivity index (χ1v) is 7.18. The number of hydrogen-bond acceptors (Lipinski definition) is 1. The van der Waals surface area contributed by atoms with Crippen LogP contribution < -0.4 is 5.32 Å². The first kappa shape index (κ1) is 15.2. The number of nitrogens with one attached hydrogen (secondary N) is 1. The van der Waals surface area contributed by atoms with Crippen molar-refractivity contribution >= 4 is 5.91 Å². The number of rotatable bonds is 5. The summed E-state index contributed by atoms with van der Waals surface area (Å²) in [7, 11) is 0. The number of hydrogen-bond donors (Lipinski definition) is 1. The number of halogens is 1. The molecule has 1 unspecified atom stereocenters. The maximum Gasteiger partial charge on any atom is 0.254 e. The molecule has 3 heteroatoms. The Kier molecular flexibility index (Phi) is 5.09. The summed E-state index contributed by atoms with van der Waals surface area (Å²) in [6.45, 7) is 4.20. The van der Waals surface area contributed by atoms with Crippen molar-refractivity contribution in [3.8, 4) is 0 Å². The molecule has 0 aliphatic carbocycles. The molecule has 0 heterocycles. The van der Waals surface area contributed by atoms with Crippen LogP contribution in [0.1, 0.15) is 42.2 Å². The molecule has 0 aromatic heterocycles. The molecular formula is C18H20FNO. The van der Waals surface area contributed by atoms with Gasteiger partial charge in [-0.15, -0.1) is 0 Å². The Labute approximate surface area is 125 Å². The van der Waals surface area contributed by atoms with Crippen molar-refractivity contribution in [2.45, 2.75) is 26.3 Å². The summed E-state index contributed by atoms with van der Waals surface area (Å²) in [5.74, 6) is -0.440. The van der Waals surface area contributed by atoms with Gasteiger partial charge in [-0.3, -0.25) is 4.79 Å². The van der Waals surface area contributed by atoms with Crippen LogP contribution in [0.15, 0.2) is 54.6 Å². The highest BCUT2D eigenvalue weighted by atomic mass is 19.1. The van der Waals surface area contributed by atoms with Gasteiger partial charge in [0.15, 0.2) is 0 Å². The van der Waals surface area contributed by atoms with E-state index in [-0.39, 0.29) is 17.5 Å². The Morgan fingerprint density at radius 3 is 2.29 bits per heavy atom. The van der Waals surface area contributed by atoms with Crippen LogP contribution in [0.5, 0.6) is 0 Å². The highest BCUT2D eigenvalue weighted by Crippen LogP contribution is 2.22. The van der Waals surface area contributed by atoms with E-state index in [0.717, 1.165) is 12.0 Å². The molecule has 0 saturated carbocycles. The van der Waals surface area contributed by atoms with Crippen LogP contribution in [0.3, 0.4) is 0 Å². The molecule has 0 aliphatic rings. The van der Waals surface area contributed by atoms with Crippen molar-refractivity contribution < 1.29 is 9.18 Å². The van der Waals surface area contributed by atoms with Gasteiger partial charge in [-0.1, -0.05) is 56.3 Å². The second kappa shape index (κ2) is 7.02. The Morgan fingerprint density at radius 1 is 1.05 bits per heavy atom. The van der Waals surface area contributed by atoms with Crippen LogP contribution in [-0.4, -0.2) is 5.91 Å². The van der Waals surface area contributed by atoms with Gasteiger partial charge >= 0.3 is 0 Å². The van der Waals surface area contributed by atoms with E-state index < -0.39 is 5.82 Å². The van der Waals surface area contributed by atoms with Gasteiger partial charge in [0.2, 0.25) is 0 Å². The first-order chi connectivity index (χ1) is 10.1. The monoisotopic (exact) mass is 285 g/mol. The van der Waals surface area contributed by atoms with Crippen LogP contribution in [0.2, 0.25) is 0 Å². The lowest BCUT2D eigenvalue weighted by molar-refractivity contribution is 0.0928. The summed E-state index contributed by atoms with van der Waals surface area (Å²) in [5, 5.41) is 2.94. The summed E-state index contributed by atoms with van der Waals surface area (Å²) >= 11 is 0. The zero-order chi connectivity index (χ0) is 15.2. The largest absolute Gasteiger partial charge is 0.345 e. The Morgan fingerprint density at radius 2 is 1.67 bits per heavy atom. The minimum atomic E-state index is -0.494. The predicted molar refractivity (Wildman–Crippen MR) is 82.5 cm³/mol. The van der Waals surface area contributed by atoms with Gasteiger partial charge in [0.1, 0.15) is 5.82 Å². The maximum atomic E-state index is 13.7. The number of benzene rings is 2. The molecule has 0 aliphatic heterocycles. The van der Waals surface area contributed by atoms with Gasteiger partial charge in [0.25, 0.3) is 5.91 Å². The third-order valence-corrected chi connectivity index (χ3v) is 3.33. The molecule has 2 aromatic carbocycles. The molecule has 1 N–H and O–H groups in total. The topological polar surface area (TPSA) is 29.1 Å². The molecular weight excluding hydrogens is 265 g/mol. The quantitative estimate of drug-likeness (QED) is 0.869. The Hall–Kier alpha value is -2.16. The first-order valence-electron chi connectivity index (χ1n) is 7.18. The second-order valence-corrected chi connectivity index (χ2v) is 5.55. The highest BCUT2D eigenvalue weighted by Gasteiger charge is 2.18. The normalized spacial score (nSPS) is 12.2. The van der Waals surface area contributed by atoms with Crippen LogP contribution >= 0.6 is 0 Å². The number of amides is 1. The van der Waals surface area contributed by atoms with Crippen molar-refractivity contribution in [1.82, 2.24) is 5.32 Å². The highest BCUT2D eigenvalue weighted by molar-refractivity contribution is 5.94. The van der Waals surface area contributed by atoms with Crippen LogP contribution in [0.4, 0.5) is 4.39 Å². The summed E-state index contributed by atoms with van der Waals surface area (Å²) in [6, 6.07) is 15.7. The molecule has 1 atom stereocenters. The molecule has 2 aromatic rings. The third kappa shape index (κ3) is 4.15. The van der Waals surface area contributed by atoms with E-state index in [1.807, 2.05) is 30.3 Å². The van der Waals surface area contributed by atoms with Crippen LogP contribution in [0, 0.1) is 11.7 Å². The van der Waals surface area contributed by atoms with Crippen molar-refractivity contribution in [3.63, 3.8) is 0 Å². The van der Waals surface area contributed by atoms with E-state index in [2.05, 4.69) is 19.2 Å². The number of carbonyl (C=O) groups excluding carboxylic acids is 1. The third-order valence-electron chi connectivity index (χ3n) is 3.33. The number of carbonyl (C=O) groups is 1. The minimum Gasteiger partial charge on any atom is -0.345 e. The van der Waals surface area contributed by atoms with Gasteiger partial charge < -0.3 is 5.32 Å². The average molecular weight is 285 g/mol. The zero-order valence-corrected chi connectivity index (χ0v) is 12.3. The molecule has 0 fully saturated rings. The van der Waals surface area contributed by atoms with Crippen molar-refractivity contribution in [2.24, 2.45) is 5.92 Å². The van der Waals surface area contributed by atoms with E-state index in [1.54, 1.807) is 12.1 Å². The molecule has 0 saturated heterocycles.